The number of nitrogens with zero attached hydrogens (tertiary/aromatic N) is 5. The van der Waals surface area contributed by atoms with E-state index in [2.05, 4.69) is 20.0 Å². The van der Waals surface area contributed by atoms with Gasteiger partial charge in [-0.15, -0.1) is 10.2 Å². The molecule has 0 bridgehead atoms. The quantitative estimate of drug-likeness (QED) is 0.815. The van der Waals surface area contributed by atoms with Gasteiger partial charge in [-0.2, -0.15) is 0 Å². The summed E-state index contributed by atoms with van der Waals surface area (Å²) in [7, 11) is 0. The van der Waals surface area contributed by atoms with Gasteiger partial charge in [0.15, 0.2) is 11.0 Å². The largest absolute Gasteiger partial charge is 0.444 e. The van der Waals surface area contributed by atoms with E-state index in [-0.39, 0.29) is 6.09 Å². The summed E-state index contributed by atoms with van der Waals surface area (Å²) < 4.78 is 5.44. The normalized spacial score (nSPS) is 19.7. The van der Waals surface area contributed by atoms with Crippen molar-refractivity contribution in [3.63, 3.8) is 0 Å². The molecule has 2 aliphatic heterocycles. The van der Waals surface area contributed by atoms with Crippen LogP contribution in [-0.4, -0.2) is 77.5 Å². The molecular weight excluding hydrogens is 342 g/mol. The van der Waals surface area contributed by atoms with Crippen molar-refractivity contribution < 1.29 is 9.53 Å². The van der Waals surface area contributed by atoms with Crippen LogP contribution in [-0.2, 0) is 4.74 Å². The molecule has 0 saturated carbocycles. The van der Waals surface area contributed by atoms with E-state index in [1.807, 2.05) is 26.8 Å². The van der Waals surface area contributed by atoms with Crippen molar-refractivity contribution >= 4 is 23.5 Å². The van der Waals surface area contributed by atoms with Crippen LogP contribution in [0.3, 0.4) is 0 Å². The van der Waals surface area contributed by atoms with Crippen LogP contribution in [0.1, 0.15) is 20.8 Å². The minimum absolute atomic E-state index is 0.205. The molecule has 2 aliphatic rings. The first-order valence-electron chi connectivity index (χ1n) is 8.74. The summed E-state index contributed by atoms with van der Waals surface area (Å²) in [5.41, 5.74) is -0.436. The van der Waals surface area contributed by atoms with Crippen LogP contribution in [0.15, 0.2) is 12.1 Å². The second-order valence-corrected chi connectivity index (χ2v) is 8.14. The van der Waals surface area contributed by atoms with Gasteiger partial charge in [0.1, 0.15) is 5.60 Å². The maximum Gasteiger partial charge on any atom is 0.410 e. The van der Waals surface area contributed by atoms with Crippen molar-refractivity contribution in [2.75, 3.05) is 50.7 Å². The van der Waals surface area contributed by atoms with Gasteiger partial charge >= 0.3 is 6.09 Å². The van der Waals surface area contributed by atoms with Crippen LogP contribution >= 0.6 is 11.6 Å². The summed E-state index contributed by atoms with van der Waals surface area (Å²) in [6.45, 7) is 12.0. The van der Waals surface area contributed by atoms with E-state index in [4.69, 9.17) is 16.3 Å². The lowest BCUT2D eigenvalue weighted by Gasteiger charge is -2.44. The molecule has 3 heterocycles. The fourth-order valence-electron chi connectivity index (χ4n) is 3.15. The van der Waals surface area contributed by atoms with Gasteiger partial charge in [-0.3, -0.25) is 4.90 Å². The lowest BCUT2D eigenvalue weighted by molar-refractivity contribution is 0.0129. The van der Waals surface area contributed by atoms with Crippen molar-refractivity contribution in [1.82, 2.24) is 20.0 Å². The standard InChI is InChI=1S/C17H26ClN5O2/c1-17(2,3)25-16(24)22-8-6-21(7-9-22)10-13-11-23(12-13)15-5-4-14(18)19-20-15/h4-5,13H,6-12H2,1-3H3. The molecule has 2 fully saturated rings. The van der Waals surface area contributed by atoms with Crippen LogP contribution < -0.4 is 4.90 Å². The molecule has 8 heteroatoms. The Morgan fingerprint density at radius 1 is 1.20 bits per heavy atom. The molecule has 0 radical (unpaired) electrons. The third kappa shape index (κ3) is 4.95. The number of aromatic nitrogens is 2. The predicted octanol–water partition coefficient (Wildman–Crippen LogP) is 2.12. The summed E-state index contributed by atoms with van der Waals surface area (Å²) >= 11 is 5.77. The van der Waals surface area contributed by atoms with Gasteiger partial charge in [-0.05, 0) is 32.9 Å². The molecule has 0 aromatic carbocycles. The molecule has 3 rings (SSSR count). The highest BCUT2D eigenvalue weighted by atomic mass is 35.5. The minimum Gasteiger partial charge on any atom is -0.444 e. The van der Waals surface area contributed by atoms with Gasteiger partial charge in [0.05, 0.1) is 0 Å². The molecule has 138 valence electrons. The molecule has 1 aromatic heterocycles. The van der Waals surface area contributed by atoms with Gasteiger partial charge in [-0.1, -0.05) is 11.6 Å². The highest BCUT2D eigenvalue weighted by molar-refractivity contribution is 6.29. The Morgan fingerprint density at radius 3 is 2.44 bits per heavy atom. The number of amides is 1. The molecule has 0 unspecified atom stereocenters. The van der Waals surface area contributed by atoms with Gasteiger partial charge in [-0.25, -0.2) is 4.79 Å². The Kier molecular flexibility index (Phi) is 5.34. The molecule has 25 heavy (non-hydrogen) atoms. The average Bonchev–Trinajstić information content (AvgIpc) is 2.50. The first-order chi connectivity index (χ1) is 11.8. The first kappa shape index (κ1) is 18.2. The zero-order valence-corrected chi connectivity index (χ0v) is 15.9. The Bertz CT molecular complexity index is 590. The van der Waals surface area contributed by atoms with E-state index < -0.39 is 5.60 Å². The summed E-state index contributed by atoms with van der Waals surface area (Å²) in [5, 5.41) is 8.42. The summed E-state index contributed by atoms with van der Waals surface area (Å²) in [6, 6.07) is 3.68. The number of rotatable bonds is 3. The zero-order valence-electron chi connectivity index (χ0n) is 15.1. The van der Waals surface area contributed by atoms with Crippen LogP contribution in [0.4, 0.5) is 10.6 Å². The van der Waals surface area contributed by atoms with Gasteiger partial charge in [0, 0.05) is 51.7 Å². The third-order valence-electron chi connectivity index (χ3n) is 4.44. The van der Waals surface area contributed by atoms with Crippen molar-refractivity contribution in [3.05, 3.63) is 17.3 Å². The number of hydrogen-bond acceptors (Lipinski definition) is 6. The van der Waals surface area contributed by atoms with Gasteiger partial charge < -0.3 is 14.5 Å². The molecule has 0 spiro atoms. The lowest BCUT2D eigenvalue weighted by atomic mass is 9.99. The second-order valence-electron chi connectivity index (χ2n) is 7.75. The van der Waals surface area contributed by atoms with Crippen molar-refractivity contribution in [2.24, 2.45) is 5.92 Å². The first-order valence-corrected chi connectivity index (χ1v) is 9.12. The van der Waals surface area contributed by atoms with E-state index >= 15 is 0 Å². The Balaban J connectivity index is 1.38. The topological polar surface area (TPSA) is 61.8 Å². The zero-order chi connectivity index (χ0) is 18.0. The maximum atomic E-state index is 12.1. The maximum absolute atomic E-state index is 12.1. The predicted molar refractivity (Wildman–Crippen MR) is 97.0 cm³/mol. The fourth-order valence-corrected chi connectivity index (χ4v) is 3.26. The van der Waals surface area contributed by atoms with E-state index in [9.17, 15) is 4.79 Å². The Morgan fingerprint density at radius 2 is 1.88 bits per heavy atom. The van der Waals surface area contributed by atoms with E-state index in [1.165, 1.54) is 0 Å². The van der Waals surface area contributed by atoms with Crippen LogP contribution in [0.5, 0.6) is 0 Å². The van der Waals surface area contributed by atoms with Gasteiger partial charge in [0.25, 0.3) is 0 Å². The van der Waals surface area contributed by atoms with Crippen molar-refractivity contribution in [2.45, 2.75) is 26.4 Å². The van der Waals surface area contributed by atoms with Crippen LogP contribution in [0, 0.1) is 5.92 Å². The molecule has 0 aliphatic carbocycles. The average molecular weight is 368 g/mol. The highest BCUT2D eigenvalue weighted by Gasteiger charge is 2.32. The number of carbonyl (C=O) groups is 1. The number of carbonyl (C=O) groups excluding carboxylic acids is 1. The molecular formula is C17H26ClN5O2. The second kappa shape index (κ2) is 7.33. The molecule has 2 saturated heterocycles. The lowest BCUT2D eigenvalue weighted by Crippen LogP contribution is -2.56. The SMILES string of the molecule is CC(C)(C)OC(=O)N1CCN(CC2CN(c3ccc(Cl)nn3)C2)CC1. The van der Waals surface area contributed by atoms with Gasteiger partial charge in [0.2, 0.25) is 0 Å². The fraction of sp³-hybridized carbons (Fsp3) is 0.706. The molecule has 0 N–H and O–H groups in total. The van der Waals surface area contributed by atoms with Crippen LogP contribution in [0.25, 0.3) is 0 Å². The molecule has 1 amide bonds. The summed E-state index contributed by atoms with van der Waals surface area (Å²) in [4.78, 5) is 18.5. The Labute approximate surface area is 153 Å². The molecule has 7 nitrogen and oxygen atoms in total. The summed E-state index contributed by atoms with van der Waals surface area (Å²) in [5.74, 6) is 1.51. The van der Waals surface area contributed by atoms with Crippen molar-refractivity contribution in [3.8, 4) is 0 Å². The van der Waals surface area contributed by atoms with Crippen LogP contribution in [0.2, 0.25) is 5.15 Å². The number of hydrogen-bond donors (Lipinski definition) is 0. The minimum atomic E-state index is -0.436. The number of halogens is 1. The van der Waals surface area contributed by atoms with E-state index in [0.717, 1.165) is 51.6 Å². The molecule has 1 aromatic rings. The number of anilines is 1. The Hall–Kier alpha value is -1.60. The smallest absolute Gasteiger partial charge is 0.410 e. The van der Waals surface area contributed by atoms with E-state index in [0.29, 0.717) is 11.1 Å². The number of piperazine rings is 1. The summed E-state index contributed by atoms with van der Waals surface area (Å²) in [6.07, 6.45) is -0.205. The molecule has 0 atom stereocenters. The van der Waals surface area contributed by atoms with Crippen molar-refractivity contribution in [1.29, 1.82) is 0 Å². The highest BCUT2D eigenvalue weighted by Crippen LogP contribution is 2.24. The number of ether oxygens (including phenoxy) is 1. The monoisotopic (exact) mass is 367 g/mol. The van der Waals surface area contributed by atoms with E-state index in [1.54, 1.807) is 11.0 Å². The third-order valence-corrected chi connectivity index (χ3v) is 4.64.